The standard InChI is InChI=1S/C56H106N2O10/c1-8-14-18-22-26-30-36-49(37-31-27-23-19-15-9-2)67-53(61)42-34-40-51(59)64-46-56(7,48-66-55(63)57-44-45-58(12-5)13-6)47-65-52(60)41-35-43-54(62)68-50(38-32-28-24-20-16-10-3)39-33-29-25-21-17-11-4/h49-50H,8-48H2,1-7H3,(H,57,63). The number of ether oxygens (including phenoxy) is 5. The fourth-order valence-corrected chi connectivity index (χ4v) is 8.30. The molecule has 12 heteroatoms. The molecular weight excluding hydrogens is 861 g/mol. The summed E-state index contributed by atoms with van der Waals surface area (Å²) in [5.74, 6) is -1.57. The summed E-state index contributed by atoms with van der Waals surface area (Å²) in [6, 6.07) is 0. The maximum Gasteiger partial charge on any atom is 0.407 e. The maximum absolute atomic E-state index is 13.0. The van der Waals surface area contributed by atoms with E-state index >= 15 is 0 Å². The summed E-state index contributed by atoms with van der Waals surface area (Å²) in [6.45, 7) is 17.0. The van der Waals surface area contributed by atoms with Gasteiger partial charge in [-0.2, -0.15) is 0 Å². The van der Waals surface area contributed by atoms with Crippen LogP contribution in [0.2, 0.25) is 0 Å². The second-order valence-corrected chi connectivity index (χ2v) is 19.8. The summed E-state index contributed by atoms with van der Waals surface area (Å²) in [5, 5.41) is 2.77. The topological polar surface area (TPSA) is 147 Å². The highest BCUT2D eigenvalue weighted by molar-refractivity contribution is 5.73. The Bertz CT molecular complexity index is 1120. The van der Waals surface area contributed by atoms with Gasteiger partial charge >= 0.3 is 30.0 Å². The van der Waals surface area contributed by atoms with Crippen LogP contribution in [0, 0.1) is 5.41 Å². The van der Waals surface area contributed by atoms with Crippen molar-refractivity contribution < 1.29 is 47.7 Å². The van der Waals surface area contributed by atoms with Crippen molar-refractivity contribution in [2.45, 2.75) is 279 Å². The van der Waals surface area contributed by atoms with E-state index in [1.807, 2.05) is 0 Å². The number of alkyl carbamates (subject to hydrolysis) is 1. The molecule has 0 saturated heterocycles. The van der Waals surface area contributed by atoms with Crippen molar-refractivity contribution in [3.05, 3.63) is 0 Å². The summed E-state index contributed by atoms with van der Waals surface area (Å²) < 4.78 is 28.8. The smallest absolute Gasteiger partial charge is 0.407 e. The zero-order chi connectivity index (χ0) is 50.4. The van der Waals surface area contributed by atoms with Crippen molar-refractivity contribution in [1.82, 2.24) is 10.2 Å². The van der Waals surface area contributed by atoms with E-state index in [1.165, 1.54) is 103 Å². The Balaban J connectivity index is 5.25. The number of hydrogen-bond donors (Lipinski definition) is 1. The van der Waals surface area contributed by atoms with Gasteiger partial charge < -0.3 is 33.9 Å². The molecule has 68 heavy (non-hydrogen) atoms. The number of unbranched alkanes of at least 4 members (excludes halogenated alkanes) is 20. The lowest BCUT2D eigenvalue weighted by atomic mass is 9.94. The van der Waals surface area contributed by atoms with Crippen molar-refractivity contribution in [3.63, 3.8) is 0 Å². The van der Waals surface area contributed by atoms with Gasteiger partial charge in [0.2, 0.25) is 0 Å². The lowest BCUT2D eigenvalue weighted by Crippen LogP contribution is -2.40. The predicted octanol–water partition coefficient (Wildman–Crippen LogP) is 14.3. The van der Waals surface area contributed by atoms with Gasteiger partial charge in [0.15, 0.2) is 0 Å². The van der Waals surface area contributed by atoms with Crippen LogP contribution in [0.1, 0.15) is 267 Å². The van der Waals surface area contributed by atoms with Crippen LogP contribution in [-0.4, -0.2) is 93.1 Å². The van der Waals surface area contributed by atoms with Gasteiger partial charge in [0.1, 0.15) is 32.0 Å². The number of amides is 1. The third-order valence-electron chi connectivity index (χ3n) is 12.9. The van der Waals surface area contributed by atoms with Gasteiger partial charge in [0, 0.05) is 38.8 Å². The maximum atomic E-state index is 13.0. The highest BCUT2D eigenvalue weighted by atomic mass is 16.6. The van der Waals surface area contributed by atoms with Gasteiger partial charge in [0.25, 0.3) is 0 Å². The van der Waals surface area contributed by atoms with Gasteiger partial charge in [-0.25, -0.2) is 4.79 Å². The number of carbonyl (C=O) groups excluding carboxylic acids is 5. The van der Waals surface area contributed by atoms with E-state index in [0.29, 0.717) is 13.1 Å². The Morgan fingerprint density at radius 3 is 1.06 bits per heavy atom. The molecule has 0 aromatic heterocycles. The number of rotatable bonds is 49. The molecule has 0 heterocycles. The molecule has 0 aromatic rings. The summed E-state index contributed by atoms with van der Waals surface area (Å²) in [4.78, 5) is 66.7. The predicted molar refractivity (Wildman–Crippen MR) is 277 cm³/mol. The van der Waals surface area contributed by atoms with Gasteiger partial charge in [-0.1, -0.05) is 170 Å². The van der Waals surface area contributed by atoms with Crippen molar-refractivity contribution in [2.75, 3.05) is 46.0 Å². The second kappa shape index (κ2) is 46.5. The molecule has 0 aliphatic rings. The zero-order valence-electron chi connectivity index (χ0n) is 45.2. The van der Waals surface area contributed by atoms with E-state index in [1.54, 1.807) is 6.92 Å². The molecule has 0 spiro atoms. The molecule has 0 aliphatic carbocycles. The normalized spacial score (nSPS) is 11.6. The molecule has 1 N–H and O–H groups in total. The van der Waals surface area contributed by atoms with Crippen LogP contribution >= 0.6 is 0 Å². The highest BCUT2D eigenvalue weighted by Gasteiger charge is 2.31. The average Bonchev–Trinajstić information content (AvgIpc) is 3.32. The SMILES string of the molecule is CCCCCCCCC(CCCCCCCC)OC(=O)CCCC(=O)OCC(C)(COC(=O)CCCC(=O)OC(CCCCCCCC)CCCCCCCC)COC(=O)NCCN(CC)CC. The first-order valence-electron chi connectivity index (χ1n) is 28.3. The molecule has 0 aromatic carbocycles. The van der Waals surface area contributed by atoms with Crippen molar-refractivity contribution >= 4 is 30.0 Å². The molecule has 12 nitrogen and oxygen atoms in total. The number of hydrogen-bond acceptors (Lipinski definition) is 11. The minimum absolute atomic E-state index is 0.0199. The summed E-state index contributed by atoms with van der Waals surface area (Å²) in [6.07, 6.45) is 32.1. The van der Waals surface area contributed by atoms with E-state index in [4.69, 9.17) is 23.7 Å². The Morgan fingerprint density at radius 2 is 0.721 bits per heavy atom. The minimum Gasteiger partial charge on any atom is -0.465 e. The average molecular weight is 967 g/mol. The van der Waals surface area contributed by atoms with Gasteiger partial charge in [-0.05, 0) is 84.2 Å². The Kier molecular flexibility index (Phi) is 44.5. The molecule has 0 bridgehead atoms. The summed E-state index contributed by atoms with van der Waals surface area (Å²) >= 11 is 0. The molecule has 0 atom stereocenters. The largest absolute Gasteiger partial charge is 0.465 e. The van der Waals surface area contributed by atoms with E-state index < -0.39 is 23.4 Å². The molecule has 0 unspecified atom stereocenters. The second-order valence-electron chi connectivity index (χ2n) is 19.8. The van der Waals surface area contributed by atoms with Crippen molar-refractivity contribution in [3.8, 4) is 0 Å². The van der Waals surface area contributed by atoms with Crippen LogP contribution < -0.4 is 5.32 Å². The third-order valence-corrected chi connectivity index (χ3v) is 12.9. The highest BCUT2D eigenvalue weighted by Crippen LogP contribution is 2.22. The fourth-order valence-electron chi connectivity index (χ4n) is 8.30. The summed E-state index contributed by atoms with van der Waals surface area (Å²) in [7, 11) is 0. The van der Waals surface area contributed by atoms with E-state index in [9.17, 15) is 24.0 Å². The van der Waals surface area contributed by atoms with Crippen LogP contribution in [0.25, 0.3) is 0 Å². The molecule has 0 aliphatic heterocycles. The van der Waals surface area contributed by atoms with E-state index in [-0.39, 0.29) is 82.5 Å². The monoisotopic (exact) mass is 967 g/mol. The molecule has 0 saturated carbocycles. The fraction of sp³-hybridized carbons (Fsp3) is 0.911. The van der Waals surface area contributed by atoms with Gasteiger partial charge in [-0.3, -0.25) is 19.2 Å². The van der Waals surface area contributed by atoms with Crippen LogP contribution in [0.4, 0.5) is 4.79 Å². The number of likely N-dealkylation sites (N-methyl/N-ethyl adjacent to an activating group) is 1. The minimum atomic E-state index is -1.04. The van der Waals surface area contributed by atoms with E-state index in [2.05, 4.69) is 51.8 Å². The first-order chi connectivity index (χ1) is 32.9. The van der Waals surface area contributed by atoms with Crippen LogP contribution in [0.15, 0.2) is 0 Å². The zero-order valence-corrected chi connectivity index (χ0v) is 45.2. The molecule has 0 fully saturated rings. The van der Waals surface area contributed by atoms with Crippen molar-refractivity contribution in [2.24, 2.45) is 5.41 Å². The molecule has 0 rings (SSSR count). The first kappa shape index (κ1) is 65.1. The Labute approximate surface area is 416 Å². The molecule has 0 radical (unpaired) electrons. The van der Waals surface area contributed by atoms with Crippen LogP contribution in [0.3, 0.4) is 0 Å². The lowest BCUT2D eigenvalue weighted by Gasteiger charge is -2.28. The molecule has 400 valence electrons. The number of nitrogens with one attached hydrogen (secondary N) is 1. The van der Waals surface area contributed by atoms with E-state index in [0.717, 1.165) is 90.1 Å². The van der Waals surface area contributed by atoms with Crippen molar-refractivity contribution in [1.29, 1.82) is 0 Å². The summed E-state index contributed by atoms with van der Waals surface area (Å²) in [5.41, 5.74) is -1.04. The first-order valence-corrected chi connectivity index (χ1v) is 28.3. The number of esters is 4. The van der Waals surface area contributed by atoms with Crippen LogP contribution in [0.5, 0.6) is 0 Å². The number of carbonyl (C=O) groups is 5. The quantitative estimate of drug-likeness (QED) is 0.0353. The van der Waals surface area contributed by atoms with Gasteiger partial charge in [0.05, 0.1) is 5.41 Å². The molecule has 1 amide bonds. The van der Waals surface area contributed by atoms with Gasteiger partial charge in [-0.15, -0.1) is 0 Å². The Hall–Kier alpha value is -2.89. The molecular formula is C56H106N2O10. The number of nitrogens with zero attached hydrogens (tertiary/aromatic N) is 1. The lowest BCUT2D eigenvalue weighted by molar-refractivity contribution is -0.155. The van der Waals surface area contributed by atoms with Crippen LogP contribution in [-0.2, 0) is 42.9 Å². The Morgan fingerprint density at radius 1 is 0.412 bits per heavy atom. The third kappa shape index (κ3) is 40.9.